The molecule has 232 valence electrons. The van der Waals surface area contributed by atoms with Crippen LogP contribution in [0.25, 0.3) is 0 Å². The first kappa shape index (κ1) is 32.8. The van der Waals surface area contributed by atoms with Crippen molar-refractivity contribution in [3.05, 3.63) is 29.3 Å². The van der Waals surface area contributed by atoms with E-state index in [9.17, 15) is 41.5 Å². The fourth-order valence-electron chi connectivity index (χ4n) is 5.04. The largest absolute Gasteiger partial charge is 0.479 e. The van der Waals surface area contributed by atoms with Gasteiger partial charge in [-0.25, -0.2) is 8.78 Å². The molecule has 1 aromatic carbocycles. The lowest BCUT2D eigenvalue weighted by Gasteiger charge is -2.26. The summed E-state index contributed by atoms with van der Waals surface area (Å²) in [5.41, 5.74) is 0. The maximum absolute atomic E-state index is 14.0. The molecule has 0 aromatic heterocycles. The van der Waals surface area contributed by atoms with Crippen molar-refractivity contribution >= 4 is 29.4 Å². The summed E-state index contributed by atoms with van der Waals surface area (Å²) in [4.78, 5) is 63.7. The van der Waals surface area contributed by atoms with Gasteiger partial charge in [-0.1, -0.05) is 33.1 Å². The Morgan fingerprint density at radius 3 is 2.14 bits per heavy atom. The summed E-state index contributed by atoms with van der Waals surface area (Å²) in [5, 5.41) is 10.1. The number of amides is 4. The summed E-state index contributed by atoms with van der Waals surface area (Å²) in [5.74, 6) is -13.5. The third-order valence-electron chi connectivity index (χ3n) is 7.29. The van der Waals surface area contributed by atoms with E-state index in [1.807, 2.05) is 0 Å². The molecule has 1 aliphatic carbocycles. The van der Waals surface area contributed by atoms with Crippen LogP contribution in [0.2, 0.25) is 0 Å². The molecule has 2 fully saturated rings. The molecule has 1 aromatic rings. The van der Waals surface area contributed by atoms with Gasteiger partial charge < -0.3 is 26.0 Å². The third-order valence-corrected chi connectivity index (χ3v) is 7.29. The summed E-state index contributed by atoms with van der Waals surface area (Å²) in [6, 6.07) is -2.83. The minimum atomic E-state index is -1.84. The number of nitrogens with one attached hydrogen (secondary N) is 4. The number of Topliss-reactive ketones (excluding diaryl/α,β-unsaturated/α-hetero) is 1. The van der Waals surface area contributed by atoms with Crippen LogP contribution in [0.15, 0.2) is 6.07 Å². The molecule has 1 saturated heterocycles. The van der Waals surface area contributed by atoms with Crippen LogP contribution < -0.4 is 26.0 Å². The summed E-state index contributed by atoms with van der Waals surface area (Å²) < 4.78 is 60.0. The molecule has 1 heterocycles. The Morgan fingerprint density at radius 1 is 0.929 bits per heavy atom. The van der Waals surface area contributed by atoms with Gasteiger partial charge in [0.25, 0.3) is 0 Å². The number of ketones is 1. The van der Waals surface area contributed by atoms with Gasteiger partial charge in [-0.15, -0.1) is 0 Å². The Kier molecular flexibility index (Phi) is 11.7. The van der Waals surface area contributed by atoms with Crippen LogP contribution in [0.4, 0.5) is 17.6 Å². The first-order valence-corrected chi connectivity index (χ1v) is 14.0. The first-order valence-electron chi connectivity index (χ1n) is 14.0. The van der Waals surface area contributed by atoms with Gasteiger partial charge in [-0.2, -0.15) is 8.78 Å². The number of hydrogen-bond donors (Lipinski definition) is 4. The van der Waals surface area contributed by atoms with Crippen molar-refractivity contribution in [1.82, 2.24) is 21.3 Å². The van der Waals surface area contributed by atoms with E-state index in [2.05, 4.69) is 21.3 Å². The van der Waals surface area contributed by atoms with E-state index >= 15 is 0 Å². The molecule has 10 nitrogen and oxygen atoms in total. The van der Waals surface area contributed by atoms with E-state index in [1.54, 1.807) is 13.8 Å². The summed E-state index contributed by atoms with van der Waals surface area (Å²) >= 11 is 0. The van der Waals surface area contributed by atoms with Crippen molar-refractivity contribution in [3.8, 4) is 5.75 Å². The van der Waals surface area contributed by atoms with E-state index in [1.165, 1.54) is 0 Å². The second-order valence-corrected chi connectivity index (χ2v) is 11.1. The van der Waals surface area contributed by atoms with Crippen molar-refractivity contribution in [1.29, 1.82) is 0 Å². The summed E-state index contributed by atoms with van der Waals surface area (Å²) in [6.45, 7) is 2.78. The highest BCUT2D eigenvalue weighted by Crippen LogP contribution is 2.27. The molecule has 42 heavy (non-hydrogen) atoms. The van der Waals surface area contributed by atoms with Crippen LogP contribution >= 0.6 is 0 Å². The van der Waals surface area contributed by atoms with Gasteiger partial charge in [0, 0.05) is 24.6 Å². The van der Waals surface area contributed by atoms with Gasteiger partial charge in [0.05, 0.1) is 6.04 Å². The van der Waals surface area contributed by atoms with Crippen molar-refractivity contribution < 1.29 is 46.3 Å². The molecule has 14 heteroatoms. The van der Waals surface area contributed by atoms with Gasteiger partial charge in [-0.3, -0.25) is 24.0 Å². The molecule has 4 amide bonds. The molecular weight excluding hydrogens is 564 g/mol. The van der Waals surface area contributed by atoms with E-state index < -0.39 is 77.1 Å². The molecule has 0 bridgehead atoms. The zero-order valence-electron chi connectivity index (χ0n) is 23.5. The molecule has 4 N–H and O–H groups in total. The van der Waals surface area contributed by atoms with Crippen LogP contribution in [0.3, 0.4) is 0 Å². The van der Waals surface area contributed by atoms with E-state index in [-0.39, 0.29) is 36.8 Å². The molecule has 0 radical (unpaired) electrons. The lowest BCUT2D eigenvalue weighted by Crippen LogP contribution is -2.56. The Balaban J connectivity index is 1.73. The predicted octanol–water partition coefficient (Wildman–Crippen LogP) is 2.18. The van der Waals surface area contributed by atoms with Gasteiger partial charge in [0.15, 0.2) is 23.2 Å². The minimum Gasteiger partial charge on any atom is -0.479 e. The topological polar surface area (TPSA) is 143 Å². The van der Waals surface area contributed by atoms with Gasteiger partial charge in [0.2, 0.25) is 23.4 Å². The van der Waals surface area contributed by atoms with Crippen molar-refractivity contribution in [3.63, 3.8) is 0 Å². The van der Waals surface area contributed by atoms with Crippen molar-refractivity contribution in [2.24, 2.45) is 11.8 Å². The molecule has 3 atom stereocenters. The number of benzene rings is 1. The van der Waals surface area contributed by atoms with Crippen LogP contribution in [-0.4, -0.2) is 60.7 Å². The standard InChI is InChI=1S/C28H36F4N4O6/c1-14(2)10-20(36-28(41)27(40)34-16-6-4-3-5-7-16)26(39)35-19(11-15-8-9-33-25(15)38)21(37)13-42-24-22(31)17(29)12-18(30)23(24)32/h12,14-16,19-20H,3-11,13H2,1-2H3,(H,33,38)(H,34,40)(H,35,39)(H,36,41)/t15-,19?,20?/m0/s1. The van der Waals surface area contributed by atoms with Crippen LogP contribution in [0.5, 0.6) is 5.75 Å². The highest BCUT2D eigenvalue weighted by molar-refractivity contribution is 6.35. The highest BCUT2D eigenvalue weighted by atomic mass is 19.2. The molecule has 2 aliphatic rings. The highest BCUT2D eigenvalue weighted by Gasteiger charge is 2.34. The Bertz CT molecular complexity index is 1170. The maximum Gasteiger partial charge on any atom is 0.309 e. The maximum atomic E-state index is 14.0. The molecule has 0 spiro atoms. The van der Waals surface area contributed by atoms with E-state index in [4.69, 9.17) is 4.74 Å². The number of hydrogen-bond acceptors (Lipinski definition) is 6. The van der Waals surface area contributed by atoms with Gasteiger partial charge in [0.1, 0.15) is 12.6 Å². The summed E-state index contributed by atoms with van der Waals surface area (Å²) in [6.07, 6.45) is 4.60. The fourth-order valence-corrected chi connectivity index (χ4v) is 5.04. The van der Waals surface area contributed by atoms with Gasteiger partial charge in [-0.05, 0) is 38.0 Å². The average molecular weight is 601 g/mol. The second kappa shape index (κ2) is 15.0. The normalized spacial score (nSPS) is 18.6. The van der Waals surface area contributed by atoms with Crippen molar-refractivity contribution in [2.45, 2.75) is 83.3 Å². The minimum absolute atomic E-state index is 0.0142. The zero-order chi connectivity index (χ0) is 31.0. The monoisotopic (exact) mass is 600 g/mol. The molecular formula is C28H36F4N4O6. The van der Waals surface area contributed by atoms with Crippen molar-refractivity contribution in [2.75, 3.05) is 13.2 Å². The van der Waals surface area contributed by atoms with E-state index in [0.29, 0.717) is 13.0 Å². The Hall–Kier alpha value is -3.71. The molecule has 1 aliphatic heterocycles. The quantitative estimate of drug-likeness (QED) is 0.165. The van der Waals surface area contributed by atoms with E-state index in [0.717, 1.165) is 32.1 Å². The van der Waals surface area contributed by atoms with Gasteiger partial charge >= 0.3 is 11.8 Å². The SMILES string of the molecule is CC(C)CC(NC(=O)C(=O)NC1CCCCC1)C(=O)NC(C[C@@H]1CCNC1=O)C(=O)COc1c(F)c(F)cc(F)c1F. The Labute approximate surface area is 240 Å². The number of halogens is 4. The second-order valence-electron chi connectivity index (χ2n) is 11.1. The van der Waals surface area contributed by atoms with Crippen LogP contribution in [-0.2, 0) is 24.0 Å². The summed E-state index contributed by atoms with van der Waals surface area (Å²) in [7, 11) is 0. The lowest BCUT2D eigenvalue weighted by atomic mass is 9.95. The number of rotatable bonds is 12. The number of carbonyl (C=O) groups excluding carboxylic acids is 5. The average Bonchev–Trinajstić information content (AvgIpc) is 3.35. The molecule has 3 rings (SSSR count). The lowest BCUT2D eigenvalue weighted by molar-refractivity contribution is -0.141. The molecule has 1 saturated carbocycles. The van der Waals surface area contributed by atoms with Crippen LogP contribution in [0, 0.1) is 35.1 Å². The molecule has 2 unspecified atom stereocenters. The zero-order valence-corrected chi connectivity index (χ0v) is 23.5. The predicted molar refractivity (Wildman–Crippen MR) is 141 cm³/mol. The number of carbonyl (C=O) groups is 5. The smallest absolute Gasteiger partial charge is 0.309 e. The first-order chi connectivity index (χ1) is 19.9. The van der Waals surface area contributed by atoms with Crippen LogP contribution in [0.1, 0.15) is 65.2 Å². The third kappa shape index (κ3) is 8.89. The Morgan fingerprint density at radius 2 is 1.57 bits per heavy atom. The fraction of sp³-hybridized carbons (Fsp3) is 0.607. The number of ether oxygens (including phenoxy) is 1.